The highest BCUT2D eigenvalue weighted by atomic mass is 16.7. The molecule has 0 radical (unpaired) electrons. The van der Waals surface area contributed by atoms with Crippen LogP contribution in [0.4, 0.5) is 0 Å². The lowest BCUT2D eigenvalue weighted by Gasteiger charge is -2.23. The Balaban J connectivity index is 1.90. The average Bonchev–Trinajstić information content (AvgIpc) is 2.94. The van der Waals surface area contributed by atoms with Crippen LogP contribution >= 0.6 is 0 Å². The van der Waals surface area contributed by atoms with E-state index in [0.717, 1.165) is 16.9 Å². The molecule has 0 aromatic heterocycles. The Morgan fingerprint density at radius 3 is 3.00 bits per heavy atom. The molecule has 3 atom stereocenters. The van der Waals surface area contributed by atoms with Crippen LogP contribution in [0.1, 0.15) is 11.1 Å². The number of nitrogens with zero attached hydrogens (tertiary/aromatic N) is 1. The average molecular weight is 308 g/mol. The number of aliphatic hydroxyl groups excluding tert-OH is 1. The number of carbonyl (C=O) groups excluding carboxylic acids is 1. The molecule has 0 saturated carbocycles. The maximum atomic E-state index is 12.0. The van der Waals surface area contributed by atoms with Gasteiger partial charge in [0, 0.05) is 5.56 Å². The Kier molecular flexibility index (Phi) is 3.82. The summed E-state index contributed by atoms with van der Waals surface area (Å²) in [5, 5.41) is 11.0. The molecule has 0 amide bonds. The molecule has 7 nitrogen and oxygen atoms in total. The molecule has 120 valence electrons. The third kappa shape index (κ3) is 2.17. The minimum atomic E-state index is -1.02. The summed E-state index contributed by atoms with van der Waals surface area (Å²) in [6, 6.07) is 5.03. The standard InChI is InChI=1S/C15H20N2O5/c1-9-4-3-5-10(12(9)20-2)6-17-13-14(19)21-8-15(13,16)11(7-18)22-17/h3-5,11,13,18H,6-8,16H2,1-2H3/t11?,13-,15+/m1/s1. The molecule has 0 bridgehead atoms. The van der Waals surface area contributed by atoms with E-state index >= 15 is 0 Å². The number of fused-ring (bicyclic) bond motifs is 1. The van der Waals surface area contributed by atoms with Gasteiger partial charge in [-0.2, -0.15) is 5.06 Å². The maximum Gasteiger partial charge on any atom is 0.328 e. The monoisotopic (exact) mass is 308 g/mol. The van der Waals surface area contributed by atoms with Gasteiger partial charge in [0.2, 0.25) is 0 Å². The molecule has 0 aliphatic carbocycles. The Hall–Kier alpha value is -1.67. The molecular weight excluding hydrogens is 288 g/mol. The fraction of sp³-hybridized carbons (Fsp3) is 0.533. The van der Waals surface area contributed by atoms with Gasteiger partial charge in [-0.1, -0.05) is 18.2 Å². The fourth-order valence-corrected chi connectivity index (χ4v) is 3.18. The highest BCUT2D eigenvalue weighted by Gasteiger charge is 2.62. The third-order valence-corrected chi connectivity index (χ3v) is 4.34. The zero-order valence-corrected chi connectivity index (χ0v) is 12.6. The number of carbonyl (C=O) groups is 1. The molecular formula is C15H20N2O5. The number of benzene rings is 1. The molecule has 7 heteroatoms. The first-order chi connectivity index (χ1) is 10.5. The Labute approximate surface area is 128 Å². The van der Waals surface area contributed by atoms with Gasteiger partial charge in [-0.15, -0.1) is 0 Å². The zero-order valence-electron chi connectivity index (χ0n) is 12.6. The molecule has 2 aliphatic rings. The molecule has 3 rings (SSSR count). The minimum Gasteiger partial charge on any atom is -0.496 e. The van der Waals surface area contributed by atoms with Crippen LogP contribution in [0.15, 0.2) is 18.2 Å². The number of aryl methyl sites for hydroxylation is 1. The van der Waals surface area contributed by atoms with Gasteiger partial charge in [-0.25, -0.2) is 0 Å². The van der Waals surface area contributed by atoms with E-state index in [0.29, 0.717) is 6.54 Å². The van der Waals surface area contributed by atoms with Gasteiger partial charge in [0.15, 0.2) is 6.04 Å². The molecule has 2 saturated heterocycles. The van der Waals surface area contributed by atoms with Crippen molar-refractivity contribution in [3.63, 3.8) is 0 Å². The lowest BCUT2D eigenvalue weighted by molar-refractivity contribution is -0.193. The summed E-state index contributed by atoms with van der Waals surface area (Å²) >= 11 is 0. The van der Waals surface area contributed by atoms with E-state index in [-0.39, 0.29) is 13.2 Å². The Morgan fingerprint density at radius 1 is 1.55 bits per heavy atom. The first kappa shape index (κ1) is 15.2. The van der Waals surface area contributed by atoms with Crippen molar-refractivity contribution in [3.05, 3.63) is 29.3 Å². The van der Waals surface area contributed by atoms with Crippen molar-refractivity contribution in [1.29, 1.82) is 0 Å². The van der Waals surface area contributed by atoms with Gasteiger partial charge in [0.25, 0.3) is 0 Å². The van der Waals surface area contributed by atoms with Crippen molar-refractivity contribution in [2.45, 2.75) is 31.2 Å². The van der Waals surface area contributed by atoms with Crippen LogP contribution in [0.3, 0.4) is 0 Å². The topological polar surface area (TPSA) is 94.2 Å². The van der Waals surface area contributed by atoms with Gasteiger partial charge in [-0.05, 0) is 12.5 Å². The van der Waals surface area contributed by atoms with Crippen LogP contribution in [0, 0.1) is 6.92 Å². The predicted octanol–water partition coefficient (Wildman–Crippen LogP) is -0.265. The number of hydrogen-bond acceptors (Lipinski definition) is 7. The summed E-state index contributed by atoms with van der Waals surface area (Å²) in [7, 11) is 1.60. The Bertz CT molecular complexity index is 593. The van der Waals surface area contributed by atoms with E-state index < -0.39 is 23.7 Å². The second-order valence-electron chi connectivity index (χ2n) is 5.74. The van der Waals surface area contributed by atoms with Crippen molar-refractivity contribution < 1.29 is 24.2 Å². The van der Waals surface area contributed by atoms with E-state index in [1.54, 1.807) is 7.11 Å². The minimum absolute atomic E-state index is 0.0448. The van der Waals surface area contributed by atoms with E-state index in [4.69, 9.17) is 20.0 Å². The van der Waals surface area contributed by atoms with E-state index in [1.165, 1.54) is 5.06 Å². The first-order valence-electron chi connectivity index (χ1n) is 7.13. The smallest absolute Gasteiger partial charge is 0.328 e. The van der Waals surface area contributed by atoms with Gasteiger partial charge < -0.3 is 20.3 Å². The number of methoxy groups -OCH3 is 1. The molecule has 0 spiro atoms. The van der Waals surface area contributed by atoms with Gasteiger partial charge in [0.1, 0.15) is 24.0 Å². The molecule has 1 aromatic rings. The number of para-hydroxylation sites is 1. The third-order valence-electron chi connectivity index (χ3n) is 4.34. The highest BCUT2D eigenvalue weighted by Crippen LogP contribution is 2.37. The summed E-state index contributed by atoms with van der Waals surface area (Å²) in [6.45, 7) is 2.04. The SMILES string of the molecule is COc1c(C)cccc1CN1OC(CO)[C@@]2(N)COC(=O)[C@@H]12. The number of esters is 1. The lowest BCUT2D eigenvalue weighted by atomic mass is 9.89. The van der Waals surface area contributed by atoms with Crippen molar-refractivity contribution in [3.8, 4) is 5.75 Å². The number of aliphatic hydroxyl groups is 1. The number of ether oxygens (including phenoxy) is 2. The van der Waals surface area contributed by atoms with E-state index in [1.807, 2.05) is 25.1 Å². The van der Waals surface area contributed by atoms with Gasteiger partial charge >= 0.3 is 5.97 Å². The Morgan fingerprint density at radius 2 is 2.32 bits per heavy atom. The molecule has 2 fully saturated rings. The van der Waals surface area contributed by atoms with Gasteiger partial charge in [-0.3, -0.25) is 9.63 Å². The van der Waals surface area contributed by atoms with Crippen LogP contribution in [-0.4, -0.2) is 54.1 Å². The van der Waals surface area contributed by atoms with Crippen LogP contribution < -0.4 is 10.5 Å². The van der Waals surface area contributed by atoms with E-state index in [9.17, 15) is 9.90 Å². The second-order valence-corrected chi connectivity index (χ2v) is 5.74. The zero-order chi connectivity index (χ0) is 15.9. The van der Waals surface area contributed by atoms with Crippen LogP contribution in [0.5, 0.6) is 5.75 Å². The molecule has 22 heavy (non-hydrogen) atoms. The van der Waals surface area contributed by atoms with Crippen LogP contribution in [0.25, 0.3) is 0 Å². The van der Waals surface area contributed by atoms with Crippen LogP contribution in [-0.2, 0) is 20.9 Å². The molecule has 2 heterocycles. The highest BCUT2D eigenvalue weighted by molar-refractivity contribution is 5.80. The second kappa shape index (κ2) is 5.51. The van der Waals surface area contributed by atoms with Crippen molar-refractivity contribution >= 4 is 5.97 Å². The predicted molar refractivity (Wildman–Crippen MR) is 76.9 cm³/mol. The molecule has 2 aliphatic heterocycles. The number of rotatable bonds is 4. The fourth-order valence-electron chi connectivity index (χ4n) is 3.18. The molecule has 1 aromatic carbocycles. The molecule has 1 unspecified atom stereocenters. The number of nitrogens with two attached hydrogens (primary N) is 1. The molecule has 3 N–H and O–H groups in total. The normalized spacial score (nSPS) is 31.2. The summed E-state index contributed by atoms with van der Waals surface area (Å²) in [6.07, 6.45) is -0.667. The quantitative estimate of drug-likeness (QED) is 0.740. The van der Waals surface area contributed by atoms with Crippen LogP contribution in [0.2, 0.25) is 0 Å². The maximum absolute atomic E-state index is 12.0. The number of cyclic esters (lactones) is 1. The van der Waals surface area contributed by atoms with E-state index in [2.05, 4.69) is 0 Å². The van der Waals surface area contributed by atoms with Crippen molar-refractivity contribution in [1.82, 2.24) is 5.06 Å². The summed E-state index contributed by atoms with van der Waals surface area (Å²) < 4.78 is 10.5. The lowest BCUT2D eigenvalue weighted by Crippen LogP contribution is -2.58. The van der Waals surface area contributed by atoms with Crippen molar-refractivity contribution in [2.75, 3.05) is 20.3 Å². The summed E-state index contributed by atoms with van der Waals surface area (Å²) in [5.41, 5.74) is 7.09. The first-order valence-corrected chi connectivity index (χ1v) is 7.13. The summed E-state index contributed by atoms with van der Waals surface area (Å²) in [5.74, 6) is 0.317. The largest absolute Gasteiger partial charge is 0.496 e. The van der Waals surface area contributed by atoms with Crippen molar-refractivity contribution in [2.24, 2.45) is 5.73 Å². The summed E-state index contributed by atoms with van der Waals surface area (Å²) in [4.78, 5) is 17.7. The number of hydrogen-bond donors (Lipinski definition) is 2. The van der Waals surface area contributed by atoms with Gasteiger partial charge in [0.05, 0.1) is 20.3 Å². The number of hydroxylamine groups is 2.